The van der Waals surface area contributed by atoms with E-state index >= 15 is 0 Å². The van der Waals surface area contributed by atoms with E-state index in [0.29, 0.717) is 0 Å². The molecule has 1 aromatic rings. The lowest BCUT2D eigenvalue weighted by molar-refractivity contribution is 0.302. The van der Waals surface area contributed by atoms with E-state index in [0.717, 1.165) is 47.2 Å². The van der Waals surface area contributed by atoms with Crippen LogP contribution in [0.1, 0.15) is 45.1 Å². The predicted octanol–water partition coefficient (Wildman–Crippen LogP) is 5.28. The Kier molecular flexibility index (Phi) is 8.75. The fraction of sp³-hybridized carbons (Fsp3) is 0.600. The van der Waals surface area contributed by atoms with E-state index in [1.54, 1.807) is 0 Å². The Morgan fingerprint density at radius 2 is 1.74 bits per heavy atom. The van der Waals surface area contributed by atoms with Crippen LogP contribution in [-0.2, 0) is 6.54 Å². The van der Waals surface area contributed by atoms with Crippen LogP contribution in [0.3, 0.4) is 0 Å². The fourth-order valence-corrected chi connectivity index (χ4v) is 3.30. The van der Waals surface area contributed by atoms with Crippen LogP contribution >= 0.6 is 31.9 Å². The van der Waals surface area contributed by atoms with Crippen LogP contribution in [0.15, 0.2) is 21.1 Å². The minimum Gasteiger partial charge on any atom is -0.491 e. The zero-order chi connectivity index (χ0) is 14.1. The number of benzene rings is 1. The number of rotatable bonds is 9. The summed E-state index contributed by atoms with van der Waals surface area (Å²) in [4.78, 5) is 0. The highest BCUT2D eigenvalue weighted by molar-refractivity contribution is 9.11. The maximum atomic E-state index is 5.84. The molecule has 0 unspecified atom stereocenters. The van der Waals surface area contributed by atoms with Crippen molar-refractivity contribution in [2.45, 2.75) is 46.1 Å². The molecular formula is C15H23Br2NO. The molecule has 1 rings (SSSR count). The van der Waals surface area contributed by atoms with Crippen molar-refractivity contribution in [3.05, 3.63) is 26.6 Å². The molecule has 0 atom stereocenters. The lowest BCUT2D eigenvalue weighted by atomic mass is 10.2. The SMILES string of the molecule is CCCCCOc1c(Br)cc(CNCCC)cc1Br. The van der Waals surface area contributed by atoms with Crippen LogP contribution in [-0.4, -0.2) is 13.2 Å². The summed E-state index contributed by atoms with van der Waals surface area (Å²) in [5.74, 6) is 0.912. The van der Waals surface area contributed by atoms with Gasteiger partial charge in [0, 0.05) is 6.54 Å². The van der Waals surface area contributed by atoms with E-state index in [4.69, 9.17) is 4.74 Å². The van der Waals surface area contributed by atoms with Gasteiger partial charge in [-0.05, 0) is 68.9 Å². The molecule has 4 heteroatoms. The van der Waals surface area contributed by atoms with Crippen molar-refractivity contribution in [1.82, 2.24) is 5.32 Å². The highest BCUT2D eigenvalue weighted by Crippen LogP contribution is 2.34. The van der Waals surface area contributed by atoms with Crippen molar-refractivity contribution < 1.29 is 4.74 Å². The maximum Gasteiger partial charge on any atom is 0.147 e. The third kappa shape index (κ3) is 6.28. The molecule has 0 fully saturated rings. The Morgan fingerprint density at radius 3 is 2.32 bits per heavy atom. The number of ether oxygens (including phenoxy) is 1. The first-order valence-corrected chi connectivity index (χ1v) is 8.59. The van der Waals surface area contributed by atoms with E-state index in [-0.39, 0.29) is 0 Å². The Morgan fingerprint density at radius 1 is 1.05 bits per heavy atom. The number of hydrogen-bond donors (Lipinski definition) is 1. The van der Waals surface area contributed by atoms with Gasteiger partial charge in [0.15, 0.2) is 0 Å². The lowest BCUT2D eigenvalue weighted by Gasteiger charge is -2.12. The Balaban J connectivity index is 2.58. The first-order chi connectivity index (χ1) is 9.19. The van der Waals surface area contributed by atoms with Gasteiger partial charge in [-0.1, -0.05) is 26.7 Å². The highest BCUT2D eigenvalue weighted by Gasteiger charge is 2.08. The predicted molar refractivity (Wildman–Crippen MR) is 88.9 cm³/mol. The summed E-state index contributed by atoms with van der Waals surface area (Å²) >= 11 is 7.19. The third-order valence-electron chi connectivity index (χ3n) is 2.81. The van der Waals surface area contributed by atoms with Gasteiger partial charge in [0.2, 0.25) is 0 Å². The van der Waals surface area contributed by atoms with E-state index in [1.807, 2.05) is 0 Å². The molecule has 0 bridgehead atoms. The van der Waals surface area contributed by atoms with Crippen molar-refractivity contribution in [3.63, 3.8) is 0 Å². The smallest absolute Gasteiger partial charge is 0.147 e. The molecule has 1 aromatic carbocycles. The van der Waals surface area contributed by atoms with Gasteiger partial charge < -0.3 is 10.1 Å². The second-order valence-electron chi connectivity index (χ2n) is 4.62. The zero-order valence-electron chi connectivity index (χ0n) is 11.8. The summed E-state index contributed by atoms with van der Waals surface area (Å²) in [6.07, 6.45) is 4.69. The summed E-state index contributed by atoms with van der Waals surface area (Å²) in [5.41, 5.74) is 1.26. The second kappa shape index (κ2) is 9.78. The van der Waals surface area contributed by atoms with Crippen molar-refractivity contribution in [3.8, 4) is 5.75 Å². The first kappa shape index (κ1) is 17.0. The molecule has 0 saturated heterocycles. The molecule has 0 aliphatic rings. The van der Waals surface area contributed by atoms with Gasteiger partial charge in [0.05, 0.1) is 15.6 Å². The third-order valence-corrected chi connectivity index (χ3v) is 3.99. The van der Waals surface area contributed by atoms with Crippen LogP contribution in [0.4, 0.5) is 0 Å². The molecule has 0 amide bonds. The summed E-state index contributed by atoms with van der Waals surface area (Å²) in [6, 6.07) is 4.26. The number of halogens is 2. The molecule has 0 aromatic heterocycles. The van der Waals surface area contributed by atoms with Crippen molar-refractivity contribution in [2.75, 3.05) is 13.2 Å². The number of unbranched alkanes of at least 4 members (excludes halogenated alkanes) is 2. The Bertz CT molecular complexity index is 359. The summed E-state index contributed by atoms with van der Waals surface area (Å²) in [6.45, 7) is 7.08. The lowest BCUT2D eigenvalue weighted by Crippen LogP contribution is -2.13. The standard InChI is InChI=1S/C15H23Br2NO/c1-3-5-6-8-19-15-13(16)9-12(10-14(15)17)11-18-7-4-2/h9-10,18H,3-8,11H2,1-2H3. The summed E-state index contributed by atoms with van der Waals surface area (Å²) < 4.78 is 7.88. The van der Waals surface area contributed by atoms with Crippen molar-refractivity contribution in [1.29, 1.82) is 0 Å². The topological polar surface area (TPSA) is 21.3 Å². The quantitative estimate of drug-likeness (QED) is 0.577. The second-order valence-corrected chi connectivity index (χ2v) is 6.33. The van der Waals surface area contributed by atoms with Crippen molar-refractivity contribution >= 4 is 31.9 Å². The molecule has 1 N–H and O–H groups in total. The van der Waals surface area contributed by atoms with E-state index in [2.05, 4.69) is 63.2 Å². The minimum absolute atomic E-state index is 0.776. The highest BCUT2D eigenvalue weighted by atomic mass is 79.9. The largest absolute Gasteiger partial charge is 0.491 e. The van der Waals surface area contributed by atoms with Gasteiger partial charge in [-0.3, -0.25) is 0 Å². The fourth-order valence-electron chi connectivity index (χ4n) is 1.79. The molecule has 108 valence electrons. The van der Waals surface area contributed by atoms with E-state index in [1.165, 1.54) is 18.4 Å². The summed E-state index contributed by atoms with van der Waals surface area (Å²) in [5, 5.41) is 3.40. The average molecular weight is 393 g/mol. The zero-order valence-corrected chi connectivity index (χ0v) is 14.9. The number of nitrogens with one attached hydrogen (secondary N) is 1. The maximum absolute atomic E-state index is 5.84. The first-order valence-electron chi connectivity index (χ1n) is 7.00. The Labute approximate surface area is 133 Å². The van der Waals surface area contributed by atoms with Gasteiger partial charge in [0.25, 0.3) is 0 Å². The van der Waals surface area contributed by atoms with Crippen molar-refractivity contribution in [2.24, 2.45) is 0 Å². The van der Waals surface area contributed by atoms with E-state index < -0.39 is 0 Å². The molecule has 0 radical (unpaired) electrons. The van der Waals surface area contributed by atoms with Crippen LogP contribution < -0.4 is 10.1 Å². The monoisotopic (exact) mass is 391 g/mol. The average Bonchev–Trinajstić information content (AvgIpc) is 2.37. The van der Waals surface area contributed by atoms with Crippen LogP contribution in [0.2, 0.25) is 0 Å². The molecule has 0 saturated carbocycles. The van der Waals surface area contributed by atoms with Crippen LogP contribution in [0.5, 0.6) is 5.75 Å². The van der Waals surface area contributed by atoms with Crippen LogP contribution in [0.25, 0.3) is 0 Å². The van der Waals surface area contributed by atoms with Gasteiger partial charge >= 0.3 is 0 Å². The number of hydrogen-bond acceptors (Lipinski definition) is 2. The normalized spacial score (nSPS) is 10.7. The molecule has 0 spiro atoms. The van der Waals surface area contributed by atoms with Gasteiger partial charge in [-0.15, -0.1) is 0 Å². The van der Waals surface area contributed by atoms with Crippen LogP contribution in [0, 0.1) is 0 Å². The molecule has 0 aliphatic heterocycles. The molecule has 2 nitrogen and oxygen atoms in total. The summed E-state index contributed by atoms with van der Waals surface area (Å²) in [7, 11) is 0. The van der Waals surface area contributed by atoms with Gasteiger partial charge in [0.1, 0.15) is 5.75 Å². The molecular weight excluding hydrogens is 370 g/mol. The molecule has 0 heterocycles. The minimum atomic E-state index is 0.776. The molecule has 0 aliphatic carbocycles. The van der Waals surface area contributed by atoms with Gasteiger partial charge in [-0.25, -0.2) is 0 Å². The molecule has 19 heavy (non-hydrogen) atoms. The Hall–Kier alpha value is -0.0600. The van der Waals surface area contributed by atoms with E-state index in [9.17, 15) is 0 Å². The van der Waals surface area contributed by atoms with Gasteiger partial charge in [-0.2, -0.15) is 0 Å².